The zero-order valence-corrected chi connectivity index (χ0v) is 15.5. The average Bonchev–Trinajstić information content (AvgIpc) is 2.52. The van der Waals surface area contributed by atoms with Gasteiger partial charge in [0.1, 0.15) is 0 Å². The Hall–Kier alpha value is -2.40. The molecule has 2 aromatic carbocycles. The monoisotopic (exact) mass is 342 g/mol. The highest BCUT2D eigenvalue weighted by molar-refractivity contribution is 6.02. The molecule has 0 aliphatic carbocycles. The normalized spacial score (nSPS) is 12.6. The topological polar surface area (TPSA) is 62.6 Å². The second-order valence-corrected chi connectivity index (χ2v) is 7.33. The number of nitrogens with one attached hydrogen (secondary N) is 3. The van der Waals surface area contributed by atoms with E-state index in [4.69, 9.17) is 0 Å². The van der Waals surface area contributed by atoms with E-state index >= 15 is 0 Å². The minimum Gasteiger partial charge on any atom is -0.347 e. The number of anilines is 1. The third kappa shape index (κ3) is 5.87. The van der Waals surface area contributed by atoms with Crippen molar-refractivity contribution in [3.8, 4) is 0 Å². The Kier molecular flexibility index (Phi) is 6.15. The number of hydrogen-bond acceptors (Lipinski definition) is 2. The highest BCUT2D eigenvalue weighted by Crippen LogP contribution is 2.22. The van der Waals surface area contributed by atoms with Gasteiger partial charge < -0.3 is 15.5 Å². The fourth-order valence-electron chi connectivity index (χ4n) is 2.76. The fourth-order valence-corrected chi connectivity index (χ4v) is 2.76. The maximum absolute atomic E-state index is 12.4. The molecule has 1 atom stereocenters. The van der Waals surface area contributed by atoms with Gasteiger partial charge in [-0.2, -0.15) is 0 Å². The summed E-state index contributed by atoms with van der Waals surface area (Å²) in [5, 5.41) is 8.02. The van der Waals surface area contributed by atoms with Crippen LogP contribution in [0.5, 0.6) is 0 Å². The number of quaternary nitrogens is 1. The molecule has 2 amide bonds. The molecule has 0 fully saturated rings. The Morgan fingerprint density at radius 1 is 0.960 bits per heavy atom. The molecule has 3 N–H and O–H groups in total. The quantitative estimate of drug-likeness (QED) is 0.747. The molecule has 134 valence electrons. The van der Waals surface area contributed by atoms with Crippen LogP contribution in [0.1, 0.15) is 27.7 Å². The second-order valence-electron chi connectivity index (χ2n) is 7.33. The standard InChI is InChI=1S/C20H27N3O2/c1-5-23(14-19(25)22-20(2,3)4)13-18(24)21-17-12-8-10-15-9-6-7-11-16(15)17/h6-12H,5,13-14H2,1-4H3,(H,21,24)(H,22,25)/p+1. The van der Waals surface area contributed by atoms with Crippen molar-refractivity contribution in [2.45, 2.75) is 33.2 Å². The summed E-state index contributed by atoms with van der Waals surface area (Å²) in [6.45, 7) is 9.08. The summed E-state index contributed by atoms with van der Waals surface area (Å²) in [6, 6.07) is 13.8. The molecule has 0 radical (unpaired) electrons. The molecule has 1 unspecified atom stereocenters. The van der Waals surface area contributed by atoms with Crippen molar-refractivity contribution < 1.29 is 14.5 Å². The Bertz CT molecular complexity index is 745. The van der Waals surface area contributed by atoms with Gasteiger partial charge in [0, 0.05) is 16.6 Å². The van der Waals surface area contributed by atoms with E-state index in [1.165, 1.54) is 0 Å². The molecule has 0 saturated heterocycles. The van der Waals surface area contributed by atoms with Gasteiger partial charge in [-0.1, -0.05) is 36.4 Å². The smallest absolute Gasteiger partial charge is 0.279 e. The molecule has 0 heterocycles. The number of rotatable bonds is 6. The molecule has 0 saturated carbocycles. The maximum Gasteiger partial charge on any atom is 0.279 e. The molecule has 2 rings (SSSR count). The van der Waals surface area contributed by atoms with E-state index in [0.29, 0.717) is 6.54 Å². The summed E-state index contributed by atoms with van der Waals surface area (Å²) in [4.78, 5) is 25.4. The van der Waals surface area contributed by atoms with Gasteiger partial charge in [-0.05, 0) is 39.1 Å². The van der Waals surface area contributed by atoms with Crippen LogP contribution in [0.4, 0.5) is 5.69 Å². The van der Waals surface area contributed by atoms with E-state index < -0.39 is 0 Å². The highest BCUT2D eigenvalue weighted by atomic mass is 16.2. The van der Waals surface area contributed by atoms with Crippen LogP contribution in [-0.2, 0) is 9.59 Å². The largest absolute Gasteiger partial charge is 0.347 e. The zero-order chi connectivity index (χ0) is 18.4. The molecular formula is C20H28N3O2+. The van der Waals surface area contributed by atoms with E-state index in [9.17, 15) is 9.59 Å². The predicted molar refractivity (Wildman–Crippen MR) is 102 cm³/mol. The number of amides is 2. The van der Waals surface area contributed by atoms with Gasteiger partial charge in [0.25, 0.3) is 11.8 Å². The summed E-state index contributed by atoms with van der Waals surface area (Å²) in [6.07, 6.45) is 0. The average molecular weight is 342 g/mol. The Labute approximate surface area is 149 Å². The van der Waals surface area contributed by atoms with Crippen molar-refractivity contribution in [1.29, 1.82) is 0 Å². The first kappa shape index (κ1) is 18.9. The first-order valence-corrected chi connectivity index (χ1v) is 8.70. The summed E-state index contributed by atoms with van der Waals surface area (Å²) in [5.74, 6) is -0.126. The van der Waals surface area contributed by atoms with Gasteiger partial charge in [0.2, 0.25) is 0 Å². The SMILES string of the molecule is CC[NH+](CC(=O)Nc1cccc2ccccc12)CC(=O)NC(C)(C)C. The Morgan fingerprint density at radius 2 is 1.60 bits per heavy atom. The fraction of sp³-hybridized carbons (Fsp3) is 0.400. The van der Waals surface area contributed by atoms with Crippen LogP contribution >= 0.6 is 0 Å². The number of carbonyl (C=O) groups excluding carboxylic acids is 2. The molecule has 5 nitrogen and oxygen atoms in total. The molecular weight excluding hydrogens is 314 g/mol. The first-order valence-electron chi connectivity index (χ1n) is 8.70. The lowest BCUT2D eigenvalue weighted by Crippen LogP contribution is -3.14. The van der Waals surface area contributed by atoms with Gasteiger partial charge in [-0.3, -0.25) is 9.59 Å². The van der Waals surface area contributed by atoms with Crippen molar-refractivity contribution in [2.75, 3.05) is 25.0 Å². The lowest BCUT2D eigenvalue weighted by molar-refractivity contribution is -0.881. The minimum atomic E-state index is -0.263. The van der Waals surface area contributed by atoms with Crippen LogP contribution in [0, 0.1) is 0 Å². The van der Waals surface area contributed by atoms with Crippen LogP contribution in [0.15, 0.2) is 42.5 Å². The van der Waals surface area contributed by atoms with E-state index in [-0.39, 0.29) is 30.4 Å². The summed E-state index contributed by atoms with van der Waals surface area (Å²) in [7, 11) is 0. The molecule has 0 aromatic heterocycles. The Balaban J connectivity index is 1.99. The zero-order valence-electron chi connectivity index (χ0n) is 15.5. The predicted octanol–water partition coefficient (Wildman–Crippen LogP) is 1.60. The summed E-state index contributed by atoms with van der Waals surface area (Å²) < 4.78 is 0. The number of likely N-dealkylation sites (N-methyl/N-ethyl adjacent to an activating group) is 1. The van der Waals surface area contributed by atoms with Gasteiger partial charge in [-0.15, -0.1) is 0 Å². The summed E-state index contributed by atoms with van der Waals surface area (Å²) >= 11 is 0. The molecule has 0 aliphatic heterocycles. The maximum atomic E-state index is 12.4. The molecule has 5 heteroatoms. The number of benzene rings is 2. The molecule has 0 spiro atoms. The molecule has 25 heavy (non-hydrogen) atoms. The van der Waals surface area contributed by atoms with Crippen LogP contribution in [0.3, 0.4) is 0 Å². The number of carbonyl (C=O) groups is 2. The molecule has 0 aliphatic rings. The highest BCUT2D eigenvalue weighted by Gasteiger charge is 2.20. The van der Waals surface area contributed by atoms with Crippen molar-refractivity contribution in [2.24, 2.45) is 0 Å². The van der Waals surface area contributed by atoms with Gasteiger partial charge >= 0.3 is 0 Å². The van der Waals surface area contributed by atoms with Gasteiger partial charge in [-0.25, -0.2) is 0 Å². The lowest BCUT2D eigenvalue weighted by atomic mass is 10.1. The number of fused-ring (bicyclic) bond motifs is 1. The van der Waals surface area contributed by atoms with Gasteiger partial charge in [0.15, 0.2) is 13.1 Å². The summed E-state index contributed by atoms with van der Waals surface area (Å²) in [5.41, 5.74) is 0.541. The van der Waals surface area contributed by atoms with E-state index in [1.54, 1.807) is 0 Å². The molecule has 0 bridgehead atoms. The third-order valence-corrected chi connectivity index (χ3v) is 3.90. The van der Waals surface area contributed by atoms with Crippen molar-refractivity contribution in [3.63, 3.8) is 0 Å². The van der Waals surface area contributed by atoms with Crippen LogP contribution in [0.2, 0.25) is 0 Å². The first-order chi connectivity index (χ1) is 11.8. The van der Waals surface area contributed by atoms with Crippen LogP contribution < -0.4 is 15.5 Å². The molecule has 2 aromatic rings. The van der Waals surface area contributed by atoms with E-state index in [1.807, 2.05) is 70.2 Å². The van der Waals surface area contributed by atoms with Crippen molar-refractivity contribution >= 4 is 28.3 Å². The van der Waals surface area contributed by atoms with E-state index in [0.717, 1.165) is 21.4 Å². The van der Waals surface area contributed by atoms with Crippen LogP contribution in [0.25, 0.3) is 10.8 Å². The van der Waals surface area contributed by atoms with Crippen molar-refractivity contribution in [1.82, 2.24) is 5.32 Å². The lowest BCUT2D eigenvalue weighted by Gasteiger charge is -2.23. The minimum absolute atomic E-state index is 0.0395. The van der Waals surface area contributed by atoms with Crippen molar-refractivity contribution in [3.05, 3.63) is 42.5 Å². The Morgan fingerprint density at radius 3 is 2.28 bits per heavy atom. The third-order valence-electron chi connectivity index (χ3n) is 3.90. The number of hydrogen-bond donors (Lipinski definition) is 3. The second kappa shape index (κ2) is 8.12. The van der Waals surface area contributed by atoms with Gasteiger partial charge in [0.05, 0.1) is 6.54 Å². The van der Waals surface area contributed by atoms with E-state index in [2.05, 4.69) is 10.6 Å². The van der Waals surface area contributed by atoms with Crippen LogP contribution in [-0.4, -0.2) is 37.0 Å².